The van der Waals surface area contributed by atoms with E-state index >= 15 is 0 Å². The van der Waals surface area contributed by atoms with Crippen LogP contribution in [-0.4, -0.2) is 35.9 Å². The monoisotopic (exact) mass is 860 g/mol. The van der Waals surface area contributed by atoms with Crippen LogP contribution in [0.4, 0.5) is 11.4 Å². The molecule has 6 rings (SSSR count). The molecule has 0 fully saturated rings. The fraction of sp³-hybridized carbons (Fsp3) is 0.160. The Bertz CT molecular complexity index is 2150. The van der Waals surface area contributed by atoms with Gasteiger partial charge in [-0.15, -0.1) is 0 Å². The van der Waals surface area contributed by atoms with Gasteiger partial charge in [0.05, 0.1) is 11.4 Å². The van der Waals surface area contributed by atoms with Gasteiger partial charge < -0.3 is 19.7 Å². The zero-order chi connectivity index (χ0) is 42.7. The number of aliphatic imine (C=N–C) groups is 2. The van der Waals surface area contributed by atoms with E-state index in [0.29, 0.717) is 24.3 Å². The van der Waals surface area contributed by atoms with Crippen LogP contribution >= 0.6 is 18.6 Å². The molecule has 0 unspecified atom stereocenters. The Morgan fingerprint density at radius 1 is 0.542 bits per heavy atom. The molecule has 2 N–H and O–H groups in total. The molecule has 0 heterocycles. The Morgan fingerprint density at radius 2 is 0.898 bits per heavy atom. The summed E-state index contributed by atoms with van der Waals surface area (Å²) in [6, 6.07) is 46.9. The molecular weight excluding hydrogens is 811 g/mol. The quantitative estimate of drug-likeness (QED) is 0.0649. The van der Waals surface area contributed by atoms with Crippen molar-refractivity contribution >= 4 is 42.4 Å². The molecule has 0 aliphatic rings. The van der Waals surface area contributed by atoms with Crippen molar-refractivity contribution in [2.45, 2.75) is 38.5 Å². The van der Waals surface area contributed by atoms with Crippen molar-refractivity contribution in [1.29, 1.82) is 0 Å². The van der Waals surface area contributed by atoms with Crippen molar-refractivity contribution in [1.82, 2.24) is 0 Å². The summed E-state index contributed by atoms with van der Waals surface area (Å²) in [5.74, 6) is 1.97. The zero-order valence-corrected chi connectivity index (χ0v) is 36.9. The molecule has 0 aromatic heterocycles. The second-order valence-corrected chi connectivity index (χ2v) is 16.8. The number of rotatable bonds is 14. The Kier molecular flexibility index (Phi) is 18.3. The van der Waals surface area contributed by atoms with Gasteiger partial charge in [-0.05, 0) is 47.5 Å². The Balaban J connectivity index is 0.000000244. The van der Waals surface area contributed by atoms with Gasteiger partial charge in [0.15, 0.2) is 0 Å². The molecule has 6 aromatic rings. The van der Waals surface area contributed by atoms with E-state index in [1.807, 2.05) is 121 Å². The molecule has 0 aliphatic heterocycles. The van der Waals surface area contributed by atoms with E-state index in [1.54, 1.807) is 24.6 Å². The first-order valence-corrected chi connectivity index (χ1v) is 23.2. The molecule has 0 saturated heterocycles. The van der Waals surface area contributed by atoms with Crippen LogP contribution in [0.3, 0.4) is 0 Å². The molecule has 6 aromatic carbocycles. The summed E-state index contributed by atoms with van der Waals surface area (Å²) in [6.45, 7) is 16.6. The van der Waals surface area contributed by atoms with Gasteiger partial charge in [-0.2, -0.15) is 0 Å². The number of nitrogens with zero attached hydrogens (tertiary/aromatic N) is 2. The van der Waals surface area contributed by atoms with Crippen LogP contribution in [0.2, 0.25) is 0 Å². The van der Waals surface area contributed by atoms with Crippen LogP contribution in [0.25, 0.3) is 0 Å². The van der Waals surface area contributed by atoms with Crippen LogP contribution in [0.5, 0.6) is 23.0 Å². The number of aromatic hydroxyl groups is 2. The number of para-hydroxylation sites is 2. The molecule has 59 heavy (non-hydrogen) atoms. The molecule has 0 bridgehead atoms. The second-order valence-electron chi connectivity index (χ2n) is 14.3. The minimum absolute atomic E-state index is 0.249. The van der Waals surface area contributed by atoms with Crippen molar-refractivity contribution in [3.8, 4) is 23.0 Å². The van der Waals surface area contributed by atoms with Gasteiger partial charge in [-0.1, -0.05) is 150 Å². The van der Waals surface area contributed by atoms with Gasteiger partial charge in [0, 0.05) is 57.6 Å². The maximum absolute atomic E-state index is 10.9. The maximum atomic E-state index is 10.9. The molecule has 0 spiro atoms. The third kappa shape index (κ3) is 13.3. The molecule has 0 saturated carbocycles. The summed E-state index contributed by atoms with van der Waals surface area (Å²) >= 11 is -0.556. The van der Waals surface area contributed by atoms with E-state index < -0.39 is 17.0 Å². The summed E-state index contributed by atoms with van der Waals surface area (Å²) in [6.07, 6.45) is 6.78. The third-order valence-corrected chi connectivity index (χ3v) is 9.55. The van der Waals surface area contributed by atoms with E-state index in [-0.39, 0.29) is 22.3 Å². The summed E-state index contributed by atoms with van der Waals surface area (Å²) in [5.41, 5.74) is 6.25. The molecule has 302 valence electrons. The molecule has 9 heteroatoms. The van der Waals surface area contributed by atoms with Crippen molar-refractivity contribution in [3.05, 3.63) is 204 Å². The SMILES string of the molecule is C=CCOc1cccc(N=Cc2cccc(C(C)(C)c3ccccc3)c2O)c1.C=CCOc1cccc(N=Cc2cccc(C(C)(C)c3ccccc3)c2O)c1.[Cl][Ti][Cl]. The van der Waals surface area contributed by atoms with Gasteiger partial charge >= 0.3 is 35.6 Å². The molecule has 0 atom stereocenters. The van der Waals surface area contributed by atoms with Crippen LogP contribution in [0, 0.1) is 0 Å². The van der Waals surface area contributed by atoms with Gasteiger partial charge in [-0.3, -0.25) is 9.98 Å². The predicted octanol–water partition coefficient (Wildman–Crippen LogP) is 13.4. The molecule has 0 aliphatic carbocycles. The zero-order valence-electron chi connectivity index (χ0n) is 33.9. The number of hydrogen-bond donors (Lipinski definition) is 2. The van der Waals surface area contributed by atoms with Gasteiger partial charge in [-0.25, -0.2) is 0 Å². The summed E-state index contributed by atoms with van der Waals surface area (Å²) < 4.78 is 11.1. The standard InChI is InChI=1S/2C25H25NO2.2ClH.Ti/c2*1-4-16-28-22-14-9-13-21(17-22)26-18-19-10-8-15-23(24(19)27)25(2,3)20-11-6-5-7-12-20;;;/h2*4-15,17-18,27H,1,16H2,2-3H3;2*1H;/q;;;;+2/p-2. The summed E-state index contributed by atoms with van der Waals surface area (Å²) in [4.78, 5) is 9.02. The van der Waals surface area contributed by atoms with Gasteiger partial charge in [0.25, 0.3) is 0 Å². The van der Waals surface area contributed by atoms with Crippen molar-refractivity contribution in [2.75, 3.05) is 13.2 Å². The fourth-order valence-electron chi connectivity index (χ4n) is 6.27. The van der Waals surface area contributed by atoms with E-state index in [2.05, 4.69) is 75.1 Å². The van der Waals surface area contributed by atoms with E-state index in [4.69, 9.17) is 28.1 Å². The molecule has 6 nitrogen and oxygen atoms in total. The topological polar surface area (TPSA) is 83.6 Å². The second kappa shape index (κ2) is 23.3. The van der Waals surface area contributed by atoms with E-state index in [9.17, 15) is 10.2 Å². The van der Waals surface area contributed by atoms with Crippen LogP contribution in [-0.2, 0) is 27.9 Å². The average Bonchev–Trinajstić information content (AvgIpc) is 3.25. The van der Waals surface area contributed by atoms with E-state index in [1.165, 1.54) is 0 Å². The van der Waals surface area contributed by atoms with E-state index in [0.717, 1.165) is 45.1 Å². The Labute approximate surface area is 365 Å². The Hall–Kier alpha value is -5.37. The average molecular weight is 862 g/mol. The Morgan fingerprint density at radius 3 is 1.25 bits per heavy atom. The van der Waals surface area contributed by atoms with Crippen molar-refractivity contribution in [3.63, 3.8) is 0 Å². The third-order valence-electron chi connectivity index (χ3n) is 9.55. The number of hydrogen-bond acceptors (Lipinski definition) is 6. The van der Waals surface area contributed by atoms with Crippen molar-refractivity contribution in [2.24, 2.45) is 9.98 Å². The normalized spacial score (nSPS) is 11.2. The molecule has 0 radical (unpaired) electrons. The minimum atomic E-state index is -0.556. The first kappa shape index (κ1) is 46.3. The first-order valence-electron chi connectivity index (χ1n) is 18.9. The summed E-state index contributed by atoms with van der Waals surface area (Å²) in [5, 5.41) is 21.8. The van der Waals surface area contributed by atoms with Gasteiger partial charge in [0.1, 0.15) is 36.2 Å². The number of ether oxygens (including phenoxy) is 2. The fourth-order valence-corrected chi connectivity index (χ4v) is 6.27. The van der Waals surface area contributed by atoms with Crippen molar-refractivity contribution < 1.29 is 36.7 Å². The number of phenolic OH excluding ortho intramolecular Hbond substituents is 2. The number of phenols is 2. The van der Waals surface area contributed by atoms with Crippen LogP contribution in [0.1, 0.15) is 61.1 Å². The number of halogens is 2. The first-order chi connectivity index (χ1) is 28.5. The molecule has 0 amide bonds. The number of benzene rings is 6. The summed E-state index contributed by atoms with van der Waals surface area (Å²) in [7, 11) is 9.78. The van der Waals surface area contributed by atoms with Crippen LogP contribution in [0.15, 0.2) is 181 Å². The predicted molar refractivity (Wildman–Crippen MR) is 244 cm³/mol. The molecular formula is C50H50Cl2N2O4Ti. The van der Waals surface area contributed by atoms with Gasteiger partial charge in [0.2, 0.25) is 0 Å². The van der Waals surface area contributed by atoms with Crippen LogP contribution < -0.4 is 9.47 Å².